The van der Waals surface area contributed by atoms with E-state index in [0.29, 0.717) is 19.3 Å². The Bertz CT molecular complexity index is 2010. The highest BCUT2D eigenvalue weighted by molar-refractivity contribution is 7.61. The average molecular weight is 1070 g/mol. The van der Waals surface area contributed by atoms with Gasteiger partial charge in [0.25, 0.3) is 0 Å². The number of rotatable bonds is 43. The van der Waals surface area contributed by atoms with Crippen LogP contribution in [0.15, 0.2) is 90.0 Å². The predicted molar refractivity (Wildman–Crippen MR) is 281 cm³/mol. The summed E-state index contributed by atoms with van der Waals surface area (Å²) >= 11 is 0. The van der Waals surface area contributed by atoms with Crippen molar-refractivity contribution in [2.45, 2.75) is 192 Å². The number of phosphoric ester groups is 2. The number of unbranched alkanes of at least 4 members (excludes halogenated alkanes) is 14. The molecule has 0 bridgehead atoms. The van der Waals surface area contributed by atoms with Gasteiger partial charge in [-0.2, -0.15) is 9.29 Å². The van der Waals surface area contributed by atoms with Gasteiger partial charge in [-0.3, -0.25) is 23.2 Å². The smallest absolute Gasteiger partial charge is 0.462 e. The van der Waals surface area contributed by atoms with Crippen molar-refractivity contribution in [1.29, 1.82) is 0 Å². The number of carbonyl (C=O) groups excluding carboxylic acids is 2. The van der Waals surface area contributed by atoms with Crippen LogP contribution in [0.1, 0.15) is 167 Å². The first-order valence-corrected chi connectivity index (χ1v) is 29.0. The molecular weight excluding hydrogens is 985 g/mol. The van der Waals surface area contributed by atoms with Crippen LogP contribution < -0.4 is 11.4 Å². The molecule has 1 aromatic heterocycles. The molecule has 2 heterocycles. The van der Waals surface area contributed by atoms with Crippen LogP contribution in [-0.4, -0.2) is 97.4 Å². The van der Waals surface area contributed by atoms with Gasteiger partial charge >= 0.3 is 33.3 Å². The number of hydrogen-bond donors (Lipinski definition) is 6. The molecule has 7 atom stereocenters. The summed E-state index contributed by atoms with van der Waals surface area (Å²) in [5, 5.41) is 29.7. The number of ether oxygens (including phenoxy) is 3. The third-order valence-electron chi connectivity index (χ3n) is 11.3. The molecule has 1 aromatic rings. The number of hydrogen-bond acceptors (Lipinski definition) is 16. The number of anilines is 1. The van der Waals surface area contributed by atoms with E-state index in [4.69, 9.17) is 34.1 Å². The van der Waals surface area contributed by atoms with Crippen LogP contribution in [-0.2, 0) is 46.3 Å². The van der Waals surface area contributed by atoms with Gasteiger partial charge in [0.05, 0.1) is 13.2 Å². The molecule has 21 heteroatoms. The second-order valence-electron chi connectivity index (χ2n) is 17.7. The Morgan fingerprint density at radius 2 is 1.18 bits per heavy atom. The lowest BCUT2D eigenvalue weighted by molar-refractivity contribution is -0.161. The minimum Gasteiger partial charge on any atom is -0.462 e. The van der Waals surface area contributed by atoms with Gasteiger partial charge in [-0.1, -0.05) is 131 Å². The Hall–Kier alpha value is -3.84. The minimum atomic E-state index is -5.44. The lowest BCUT2D eigenvalue weighted by Crippen LogP contribution is -2.36. The third kappa shape index (κ3) is 32.9. The van der Waals surface area contributed by atoms with Crippen molar-refractivity contribution < 1.29 is 71.4 Å². The highest BCUT2D eigenvalue weighted by Crippen LogP contribution is 2.60. The monoisotopic (exact) mass is 1070 g/mol. The number of nitrogens with two attached hydrogens (primary N) is 1. The molecule has 0 radical (unpaired) electrons. The number of aliphatic hydroxyl groups excluding tert-OH is 3. The number of aliphatic hydroxyl groups is 3. The van der Waals surface area contributed by atoms with E-state index in [-0.39, 0.29) is 25.3 Å². The van der Waals surface area contributed by atoms with Gasteiger partial charge in [0.1, 0.15) is 30.7 Å². The molecule has 1 aliphatic rings. The Labute approximate surface area is 432 Å². The van der Waals surface area contributed by atoms with Crippen LogP contribution in [0.3, 0.4) is 0 Å². The lowest BCUT2D eigenvalue weighted by Gasteiger charge is -2.21. The number of phosphoric acid groups is 2. The molecule has 7 N–H and O–H groups in total. The maximum Gasteiger partial charge on any atom is 0.481 e. The molecule has 2 rings (SSSR count). The molecular formula is C52H85N3O16P2. The number of esters is 2. The number of nitrogens with zero attached hydrogens (tertiary/aromatic N) is 2. The zero-order valence-electron chi connectivity index (χ0n) is 42.9. The SMILES string of the molecule is CCCCC/C=C\C/C=C\CCCCCCCCCC(=O)O[C@H](COC(=O)CCC/C=C\C/C=C\C/C=C\C/C=C\CCCCCO)COP(=O)(O)OP(=O)(O)OC[C@H]1O[C@@H](n2ccc(N)nc2=O)[C@H](O)[C@@H]1O. The number of allylic oxidation sites excluding steroid dienone is 12. The highest BCUT2D eigenvalue weighted by atomic mass is 31.3. The van der Waals surface area contributed by atoms with Gasteiger partial charge in [-0.15, -0.1) is 0 Å². The maximum atomic E-state index is 12.9. The van der Waals surface area contributed by atoms with E-state index in [1.54, 1.807) is 0 Å². The van der Waals surface area contributed by atoms with E-state index in [9.17, 15) is 43.5 Å². The normalized spacial score (nSPS) is 19.5. The summed E-state index contributed by atoms with van der Waals surface area (Å²) in [7, 11) is -10.9. The second-order valence-corrected chi connectivity index (χ2v) is 20.8. The Balaban J connectivity index is 1.82. The fourth-order valence-corrected chi connectivity index (χ4v) is 9.37. The summed E-state index contributed by atoms with van der Waals surface area (Å²) in [4.78, 5) is 61.9. The molecule has 2 unspecified atom stereocenters. The number of nitrogen functional groups attached to an aromatic ring is 1. The Kier molecular flexibility index (Phi) is 36.2. The van der Waals surface area contributed by atoms with Crippen molar-refractivity contribution in [3.05, 3.63) is 95.7 Å². The summed E-state index contributed by atoms with van der Waals surface area (Å²) in [6.45, 7) is 0.0703. The van der Waals surface area contributed by atoms with Crippen LogP contribution in [0.25, 0.3) is 0 Å². The third-order valence-corrected chi connectivity index (χ3v) is 13.9. The van der Waals surface area contributed by atoms with Gasteiger partial charge in [0, 0.05) is 25.6 Å². The average Bonchev–Trinajstić information content (AvgIpc) is 3.63. The summed E-state index contributed by atoms with van der Waals surface area (Å²) in [5.41, 5.74) is 4.58. The van der Waals surface area contributed by atoms with E-state index in [0.717, 1.165) is 113 Å². The van der Waals surface area contributed by atoms with E-state index < -0.39 is 83.7 Å². The zero-order chi connectivity index (χ0) is 53.4. The lowest BCUT2D eigenvalue weighted by atomic mass is 10.1. The van der Waals surface area contributed by atoms with E-state index in [2.05, 4.69) is 77.0 Å². The molecule has 0 spiro atoms. The summed E-state index contributed by atoms with van der Waals surface area (Å²) < 4.78 is 56.7. The number of aromatic nitrogens is 2. The minimum absolute atomic E-state index is 0.0208. The van der Waals surface area contributed by atoms with Crippen LogP contribution in [0, 0.1) is 0 Å². The van der Waals surface area contributed by atoms with Gasteiger partial charge in [0.2, 0.25) is 0 Å². The molecule has 414 valence electrons. The summed E-state index contributed by atoms with van der Waals surface area (Å²) in [5.74, 6) is -1.39. The van der Waals surface area contributed by atoms with Gasteiger partial charge in [-0.25, -0.2) is 13.9 Å². The van der Waals surface area contributed by atoms with Crippen molar-refractivity contribution in [3.63, 3.8) is 0 Å². The van der Waals surface area contributed by atoms with E-state index >= 15 is 0 Å². The van der Waals surface area contributed by atoms with Crippen molar-refractivity contribution in [2.24, 2.45) is 0 Å². The molecule has 0 aromatic carbocycles. The molecule has 1 aliphatic heterocycles. The molecule has 1 fully saturated rings. The quantitative estimate of drug-likeness (QED) is 0.0153. The molecule has 73 heavy (non-hydrogen) atoms. The van der Waals surface area contributed by atoms with Crippen LogP contribution >= 0.6 is 15.6 Å². The zero-order valence-corrected chi connectivity index (χ0v) is 44.7. The van der Waals surface area contributed by atoms with Gasteiger partial charge in [-0.05, 0) is 96.0 Å². The van der Waals surface area contributed by atoms with E-state index in [1.807, 2.05) is 12.2 Å². The maximum absolute atomic E-state index is 12.9. The van der Waals surface area contributed by atoms with Crippen molar-refractivity contribution in [2.75, 3.05) is 32.2 Å². The predicted octanol–water partition coefficient (Wildman–Crippen LogP) is 9.86. The Morgan fingerprint density at radius 3 is 1.74 bits per heavy atom. The van der Waals surface area contributed by atoms with Crippen molar-refractivity contribution in [1.82, 2.24) is 9.55 Å². The molecule has 19 nitrogen and oxygen atoms in total. The van der Waals surface area contributed by atoms with Crippen molar-refractivity contribution >= 4 is 33.4 Å². The van der Waals surface area contributed by atoms with Crippen LogP contribution in [0.4, 0.5) is 5.82 Å². The largest absolute Gasteiger partial charge is 0.481 e. The van der Waals surface area contributed by atoms with E-state index in [1.165, 1.54) is 25.3 Å². The van der Waals surface area contributed by atoms with Crippen LogP contribution in [0.2, 0.25) is 0 Å². The molecule has 0 amide bonds. The second kappa shape index (κ2) is 40.5. The molecule has 1 saturated heterocycles. The fraction of sp³-hybridized carbons (Fsp3) is 0.654. The first kappa shape index (κ1) is 65.3. The Morgan fingerprint density at radius 1 is 0.685 bits per heavy atom. The standard InChI is InChI=1S/C52H85N3O16P2/c1-2-3-4-5-6-7-8-9-10-12-16-19-22-25-28-31-34-37-48(58)69-44(41-66-47(57)36-33-30-27-24-21-18-15-13-11-14-17-20-23-26-29-32-35-40-56)42-67-72(62,63)71-73(64,65)68-43-45-49(59)50(60)51(70-45)55-39-38-46(53)54-52(55)61/h6-7,9-11,14-15,18,20,23-24,27,38-39,44-45,49-51,56,59-60H,2-5,8,12-13,16-17,19,21-22,25-26,28-37,40-43H2,1H3,(H,62,63)(H,64,65)(H2,53,54,61)/b7-6-,10-9-,14-11-,18-15-,23-20-,27-24-/t44-,45-,49-,50-,51-/m1/s1. The highest BCUT2D eigenvalue weighted by Gasteiger charge is 2.46. The first-order valence-electron chi connectivity index (χ1n) is 26.1. The topological polar surface area (TPSA) is 286 Å². The number of carbonyl (C=O) groups is 2. The van der Waals surface area contributed by atoms with Gasteiger partial charge < -0.3 is 45.1 Å². The fourth-order valence-electron chi connectivity index (χ4n) is 7.26. The molecule has 0 aliphatic carbocycles. The van der Waals surface area contributed by atoms with Gasteiger partial charge in [0.15, 0.2) is 12.3 Å². The molecule has 0 saturated carbocycles. The van der Waals surface area contributed by atoms with Crippen molar-refractivity contribution in [3.8, 4) is 0 Å². The first-order chi connectivity index (χ1) is 35.2. The summed E-state index contributed by atoms with van der Waals surface area (Å²) in [6, 6.07) is 1.24. The summed E-state index contributed by atoms with van der Waals surface area (Å²) in [6.07, 6.45) is 39.9. The van der Waals surface area contributed by atoms with Crippen LogP contribution in [0.5, 0.6) is 0 Å².